The summed E-state index contributed by atoms with van der Waals surface area (Å²) in [5.41, 5.74) is 0.560. The Morgan fingerprint density at radius 2 is 1.57 bits per heavy atom. The smallest absolute Gasteiger partial charge is 0.136 e. The normalized spacial score (nSPS) is 48.1. The van der Waals surface area contributed by atoms with Gasteiger partial charge >= 0.3 is 0 Å². The largest absolute Gasteiger partial charge is 0.378 e. The summed E-state index contributed by atoms with van der Waals surface area (Å²) in [6.45, 7) is 11.1. The third-order valence-electron chi connectivity index (χ3n) is 9.42. The maximum Gasteiger partial charge on any atom is 0.136 e. The maximum absolute atomic E-state index is 13.5. The minimum atomic E-state index is 0.219. The summed E-state index contributed by atoms with van der Waals surface area (Å²) in [6, 6.07) is 0. The zero-order valence-electron chi connectivity index (χ0n) is 18.7. The van der Waals surface area contributed by atoms with Crippen LogP contribution in [0.25, 0.3) is 0 Å². The molecule has 0 aliphatic heterocycles. The van der Waals surface area contributed by atoms with Gasteiger partial charge in [-0.2, -0.15) is 0 Å². The van der Waals surface area contributed by atoms with Gasteiger partial charge in [-0.1, -0.05) is 27.7 Å². The summed E-state index contributed by atoms with van der Waals surface area (Å²) in [4.78, 5) is 13.5. The molecular formula is C25H42O3. The molecule has 0 heterocycles. The van der Waals surface area contributed by atoms with Gasteiger partial charge < -0.3 is 9.47 Å². The molecule has 0 aromatic heterocycles. The number of ether oxygens (including phenoxy) is 2. The van der Waals surface area contributed by atoms with Crippen molar-refractivity contribution in [1.29, 1.82) is 0 Å². The third-order valence-corrected chi connectivity index (χ3v) is 9.42. The van der Waals surface area contributed by atoms with Crippen LogP contribution in [0, 0.1) is 34.5 Å². The van der Waals surface area contributed by atoms with Crippen LogP contribution in [0.1, 0.15) is 91.9 Å². The predicted octanol–water partition coefficient (Wildman–Crippen LogP) is 5.80. The van der Waals surface area contributed by atoms with Gasteiger partial charge in [-0.05, 0) is 86.4 Å². The molecule has 0 radical (unpaired) electrons. The summed E-state index contributed by atoms with van der Waals surface area (Å²) < 4.78 is 12.4. The second-order valence-electron chi connectivity index (χ2n) is 10.9. The van der Waals surface area contributed by atoms with Gasteiger partial charge in [-0.15, -0.1) is 0 Å². The van der Waals surface area contributed by atoms with Crippen molar-refractivity contribution in [2.45, 2.75) is 104 Å². The molecule has 0 N–H and O–H groups in total. The van der Waals surface area contributed by atoms with Crippen LogP contribution in [0.5, 0.6) is 0 Å². The first-order valence-corrected chi connectivity index (χ1v) is 12.2. The van der Waals surface area contributed by atoms with Crippen LogP contribution in [-0.2, 0) is 14.3 Å². The lowest BCUT2D eigenvalue weighted by Gasteiger charge is -2.60. The average molecular weight is 391 g/mol. The molecule has 4 aliphatic rings. The molecule has 28 heavy (non-hydrogen) atoms. The first-order valence-electron chi connectivity index (χ1n) is 12.2. The van der Waals surface area contributed by atoms with E-state index in [1.54, 1.807) is 0 Å². The molecule has 4 rings (SSSR count). The number of rotatable bonds is 6. The highest BCUT2D eigenvalue weighted by Crippen LogP contribution is 2.65. The van der Waals surface area contributed by atoms with Gasteiger partial charge in [-0.3, -0.25) is 4.79 Å². The summed E-state index contributed by atoms with van der Waals surface area (Å²) in [6.07, 6.45) is 12.1. The Morgan fingerprint density at radius 3 is 2.32 bits per heavy atom. The van der Waals surface area contributed by atoms with Gasteiger partial charge in [0, 0.05) is 25.6 Å². The molecule has 8 atom stereocenters. The van der Waals surface area contributed by atoms with Crippen LogP contribution in [-0.4, -0.2) is 31.2 Å². The van der Waals surface area contributed by atoms with Crippen molar-refractivity contribution in [1.82, 2.24) is 0 Å². The number of hydrogen-bond donors (Lipinski definition) is 0. The lowest BCUT2D eigenvalue weighted by molar-refractivity contribution is -0.166. The molecule has 3 nitrogen and oxygen atoms in total. The highest BCUT2D eigenvalue weighted by Gasteiger charge is 2.63. The van der Waals surface area contributed by atoms with E-state index in [0.717, 1.165) is 45.3 Å². The van der Waals surface area contributed by atoms with Crippen LogP contribution in [0.3, 0.4) is 0 Å². The van der Waals surface area contributed by atoms with Gasteiger partial charge in [-0.25, -0.2) is 0 Å². The molecular weight excluding hydrogens is 348 g/mol. The SMILES string of the molecule is CCCO[C@@H]1CC[C@@]2(C)[C@@H](CC(=O)[C@H]3[C@H]4CC[C@H](OCCC)[C@@]4(C)CC[C@@H]32)C1. The molecule has 0 amide bonds. The molecule has 4 fully saturated rings. The summed E-state index contributed by atoms with van der Waals surface area (Å²) in [7, 11) is 0. The number of fused-ring (bicyclic) bond motifs is 5. The third kappa shape index (κ3) is 3.29. The maximum atomic E-state index is 13.5. The molecule has 0 aromatic rings. The van der Waals surface area contributed by atoms with E-state index in [1.807, 2.05) is 0 Å². The van der Waals surface area contributed by atoms with Crippen molar-refractivity contribution in [3.63, 3.8) is 0 Å². The van der Waals surface area contributed by atoms with Crippen LogP contribution in [0.4, 0.5) is 0 Å². The van der Waals surface area contributed by atoms with Crippen LogP contribution >= 0.6 is 0 Å². The summed E-state index contributed by atoms with van der Waals surface area (Å²) >= 11 is 0. The van der Waals surface area contributed by atoms with Gasteiger partial charge in [0.05, 0.1) is 12.2 Å². The van der Waals surface area contributed by atoms with E-state index < -0.39 is 0 Å². The van der Waals surface area contributed by atoms with E-state index in [2.05, 4.69) is 27.7 Å². The van der Waals surface area contributed by atoms with Crippen molar-refractivity contribution in [3.05, 3.63) is 0 Å². The molecule has 0 bridgehead atoms. The fourth-order valence-electron chi connectivity index (χ4n) is 7.81. The van der Waals surface area contributed by atoms with E-state index >= 15 is 0 Å². The average Bonchev–Trinajstić information content (AvgIpc) is 3.01. The van der Waals surface area contributed by atoms with Crippen LogP contribution < -0.4 is 0 Å². The van der Waals surface area contributed by atoms with Crippen molar-refractivity contribution >= 4 is 5.78 Å². The molecule has 0 unspecified atom stereocenters. The van der Waals surface area contributed by atoms with Crippen LogP contribution in [0.15, 0.2) is 0 Å². The first-order chi connectivity index (χ1) is 13.4. The molecule has 0 aromatic carbocycles. The van der Waals surface area contributed by atoms with E-state index in [0.29, 0.717) is 47.1 Å². The highest BCUT2D eigenvalue weighted by molar-refractivity contribution is 5.83. The lowest BCUT2D eigenvalue weighted by atomic mass is 9.45. The first kappa shape index (κ1) is 20.8. The van der Waals surface area contributed by atoms with Gasteiger partial charge in [0.1, 0.15) is 5.78 Å². The standard InChI is InChI=1S/C25H42O3/c1-5-13-27-18-9-11-24(3)17(15-18)16-21(26)23-19-7-8-22(28-14-6-2)25(19,4)12-10-20(23)24/h17-20,22-23H,5-16H2,1-4H3/t17-,18-,19-,20+,22+,23+,24+,25+/m1/s1. The Labute approximate surface area is 172 Å². The van der Waals surface area contributed by atoms with E-state index in [-0.39, 0.29) is 5.41 Å². The fourth-order valence-corrected chi connectivity index (χ4v) is 7.81. The minimum Gasteiger partial charge on any atom is -0.378 e. The zero-order valence-corrected chi connectivity index (χ0v) is 18.7. The summed E-state index contributed by atoms with van der Waals surface area (Å²) in [5.74, 6) is 2.55. The van der Waals surface area contributed by atoms with Crippen LogP contribution in [0.2, 0.25) is 0 Å². The predicted molar refractivity (Wildman–Crippen MR) is 112 cm³/mol. The van der Waals surface area contributed by atoms with Crippen molar-refractivity contribution in [2.75, 3.05) is 13.2 Å². The molecule has 4 aliphatic carbocycles. The number of carbonyl (C=O) groups excluding carboxylic acids is 1. The quantitative estimate of drug-likeness (QED) is 0.575. The van der Waals surface area contributed by atoms with Crippen molar-refractivity contribution < 1.29 is 14.3 Å². The van der Waals surface area contributed by atoms with E-state index in [1.165, 1.54) is 32.1 Å². The highest BCUT2D eigenvalue weighted by atomic mass is 16.5. The molecule has 0 saturated heterocycles. The zero-order chi connectivity index (χ0) is 19.9. The number of Topliss-reactive ketones (excluding diaryl/α,β-unsaturated/α-hetero) is 1. The van der Waals surface area contributed by atoms with Gasteiger partial charge in [0.2, 0.25) is 0 Å². The van der Waals surface area contributed by atoms with Crippen molar-refractivity contribution in [3.8, 4) is 0 Å². The van der Waals surface area contributed by atoms with Gasteiger partial charge in [0.25, 0.3) is 0 Å². The Kier molecular flexibility index (Phi) is 5.97. The number of hydrogen-bond acceptors (Lipinski definition) is 3. The molecule has 4 saturated carbocycles. The second-order valence-corrected chi connectivity index (χ2v) is 10.9. The Bertz CT molecular complexity index is 574. The molecule has 0 spiro atoms. The van der Waals surface area contributed by atoms with E-state index in [4.69, 9.17) is 9.47 Å². The Morgan fingerprint density at radius 1 is 0.893 bits per heavy atom. The molecule has 3 heteroatoms. The lowest BCUT2D eigenvalue weighted by Crippen LogP contribution is -2.57. The van der Waals surface area contributed by atoms with Gasteiger partial charge in [0.15, 0.2) is 0 Å². The topological polar surface area (TPSA) is 35.5 Å². The minimum absolute atomic E-state index is 0.219. The number of ketones is 1. The second kappa shape index (κ2) is 8.02. The Hall–Kier alpha value is -0.410. The monoisotopic (exact) mass is 390 g/mol. The molecule has 160 valence electrons. The fraction of sp³-hybridized carbons (Fsp3) is 0.960. The summed E-state index contributed by atoms with van der Waals surface area (Å²) in [5, 5.41) is 0. The van der Waals surface area contributed by atoms with Crippen molar-refractivity contribution in [2.24, 2.45) is 34.5 Å². The van der Waals surface area contributed by atoms with E-state index in [9.17, 15) is 4.79 Å². The Balaban J connectivity index is 1.52. The number of carbonyl (C=O) groups is 1.